The number of hydrogen-bond donors (Lipinski definition) is 0. The van der Waals surface area contributed by atoms with Crippen molar-refractivity contribution in [3.05, 3.63) is 222 Å². The molecule has 0 N–H and O–H groups in total. The first-order chi connectivity index (χ1) is 28.0. The molecule has 10 aromatic rings. The normalized spacial score (nSPS) is 14.8. The Hall–Kier alpha value is -6.96. The van der Waals surface area contributed by atoms with Gasteiger partial charge in [-0.3, -0.25) is 0 Å². The van der Waals surface area contributed by atoms with Gasteiger partial charge < -0.3 is 4.57 Å². The van der Waals surface area contributed by atoms with Crippen LogP contribution in [0.15, 0.2) is 194 Å². The van der Waals surface area contributed by atoms with Crippen molar-refractivity contribution < 1.29 is 0 Å². The minimum atomic E-state index is -0.0934. The van der Waals surface area contributed by atoms with Gasteiger partial charge in [0.15, 0.2) is 0 Å². The van der Waals surface area contributed by atoms with E-state index in [0.717, 1.165) is 0 Å². The molecule has 2 aliphatic rings. The molecule has 0 fully saturated rings. The number of nitrogens with zero attached hydrogens (tertiary/aromatic N) is 1. The van der Waals surface area contributed by atoms with E-state index in [1.165, 1.54) is 111 Å². The molecule has 1 unspecified atom stereocenters. The molecule has 1 atom stereocenters. The molecule has 1 heterocycles. The predicted molar refractivity (Wildman–Crippen MR) is 240 cm³/mol. The smallest absolute Gasteiger partial charge is 0.0544 e. The highest BCUT2D eigenvalue weighted by Gasteiger charge is 2.36. The molecular formula is C56H39N. The Kier molecular flexibility index (Phi) is 6.81. The molecule has 0 saturated heterocycles. The minimum absolute atomic E-state index is 0.0934. The van der Waals surface area contributed by atoms with Crippen molar-refractivity contribution >= 4 is 32.6 Å². The molecule has 0 amide bonds. The first-order valence-corrected chi connectivity index (χ1v) is 20.1. The van der Waals surface area contributed by atoms with Gasteiger partial charge in [-0.25, -0.2) is 0 Å². The lowest BCUT2D eigenvalue weighted by atomic mass is 9.82. The van der Waals surface area contributed by atoms with Gasteiger partial charge in [-0.15, -0.1) is 0 Å². The van der Waals surface area contributed by atoms with Crippen LogP contribution in [0.5, 0.6) is 0 Å². The van der Waals surface area contributed by atoms with E-state index in [0.29, 0.717) is 0 Å². The molecule has 1 aromatic heterocycles. The van der Waals surface area contributed by atoms with Crippen molar-refractivity contribution in [1.82, 2.24) is 4.57 Å². The van der Waals surface area contributed by atoms with E-state index in [9.17, 15) is 0 Å². The minimum Gasteiger partial charge on any atom is -0.309 e. The quantitative estimate of drug-likeness (QED) is 0.170. The van der Waals surface area contributed by atoms with Crippen LogP contribution in [0.2, 0.25) is 0 Å². The first kappa shape index (κ1) is 32.3. The molecule has 9 aromatic carbocycles. The Balaban J connectivity index is 1.06. The zero-order valence-corrected chi connectivity index (χ0v) is 32.0. The number of benzene rings is 9. The van der Waals surface area contributed by atoms with Crippen LogP contribution >= 0.6 is 0 Å². The van der Waals surface area contributed by atoms with E-state index in [-0.39, 0.29) is 11.3 Å². The van der Waals surface area contributed by atoms with Crippen molar-refractivity contribution in [1.29, 1.82) is 0 Å². The molecule has 12 rings (SSSR count). The summed E-state index contributed by atoms with van der Waals surface area (Å²) in [6, 6.07) is 72.6. The SMILES string of the molecule is CC1(C)c2ccccc2-c2cc3c4cc(-c5ccc6c(c5)-c5ccccc5C6c5ccc6ccccc6c5)ccc4n(-c4cccc(-c5ccccc5)c4)c3cc21. The largest absolute Gasteiger partial charge is 0.309 e. The summed E-state index contributed by atoms with van der Waals surface area (Å²) < 4.78 is 2.49. The number of rotatable bonds is 4. The van der Waals surface area contributed by atoms with Gasteiger partial charge >= 0.3 is 0 Å². The number of fused-ring (bicyclic) bond motifs is 10. The van der Waals surface area contributed by atoms with Gasteiger partial charge in [0, 0.05) is 27.8 Å². The van der Waals surface area contributed by atoms with E-state index in [2.05, 4.69) is 213 Å². The highest BCUT2D eigenvalue weighted by Crippen LogP contribution is 2.52. The van der Waals surface area contributed by atoms with E-state index in [4.69, 9.17) is 0 Å². The second-order valence-electron chi connectivity index (χ2n) is 16.5. The highest BCUT2D eigenvalue weighted by atomic mass is 15.0. The van der Waals surface area contributed by atoms with E-state index < -0.39 is 0 Å². The molecule has 0 spiro atoms. The summed E-state index contributed by atoms with van der Waals surface area (Å²) >= 11 is 0. The molecule has 0 bridgehead atoms. The molecule has 0 saturated carbocycles. The van der Waals surface area contributed by atoms with Gasteiger partial charge in [-0.1, -0.05) is 166 Å². The van der Waals surface area contributed by atoms with Crippen LogP contribution in [0.1, 0.15) is 47.6 Å². The number of hydrogen-bond acceptors (Lipinski definition) is 0. The molecule has 1 heteroatoms. The summed E-state index contributed by atoms with van der Waals surface area (Å²) in [5, 5.41) is 5.12. The van der Waals surface area contributed by atoms with Crippen LogP contribution in [0.3, 0.4) is 0 Å². The second-order valence-corrected chi connectivity index (χ2v) is 16.5. The number of aromatic nitrogens is 1. The third-order valence-electron chi connectivity index (χ3n) is 13.0. The zero-order valence-electron chi connectivity index (χ0n) is 32.0. The maximum Gasteiger partial charge on any atom is 0.0544 e. The fourth-order valence-electron chi connectivity index (χ4n) is 10.3. The topological polar surface area (TPSA) is 4.93 Å². The van der Waals surface area contributed by atoms with Gasteiger partial charge in [0.1, 0.15) is 0 Å². The van der Waals surface area contributed by atoms with Crippen LogP contribution in [-0.4, -0.2) is 4.57 Å². The molecular weight excluding hydrogens is 687 g/mol. The summed E-state index contributed by atoms with van der Waals surface area (Å²) in [6.45, 7) is 4.75. The summed E-state index contributed by atoms with van der Waals surface area (Å²) in [5.41, 5.74) is 20.7. The van der Waals surface area contributed by atoms with Crippen LogP contribution in [-0.2, 0) is 5.41 Å². The van der Waals surface area contributed by atoms with Crippen molar-refractivity contribution in [2.24, 2.45) is 0 Å². The first-order valence-electron chi connectivity index (χ1n) is 20.1. The maximum atomic E-state index is 2.49. The lowest BCUT2D eigenvalue weighted by Gasteiger charge is -2.21. The lowest BCUT2D eigenvalue weighted by molar-refractivity contribution is 0.661. The Bertz CT molecular complexity index is 3270. The maximum absolute atomic E-state index is 2.49. The van der Waals surface area contributed by atoms with Crippen molar-refractivity contribution in [3.63, 3.8) is 0 Å². The summed E-state index contributed by atoms with van der Waals surface area (Å²) in [6.07, 6.45) is 0. The summed E-state index contributed by atoms with van der Waals surface area (Å²) in [7, 11) is 0. The molecule has 1 nitrogen and oxygen atoms in total. The molecule has 2 aliphatic carbocycles. The van der Waals surface area contributed by atoms with Gasteiger partial charge in [0.2, 0.25) is 0 Å². The van der Waals surface area contributed by atoms with Gasteiger partial charge in [0.05, 0.1) is 11.0 Å². The van der Waals surface area contributed by atoms with Gasteiger partial charge in [-0.05, 0) is 126 Å². The van der Waals surface area contributed by atoms with E-state index in [1.807, 2.05) is 0 Å². The van der Waals surface area contributed by atoms with Gasteiger partial charge in [0.25, 0.3) is 0 Å². The third-order valence-corrected chi connectivity index (χ3v) is 13.0. The van der Waals surface area contributed by atoms with Crippen molar-refractivity contribution in [2.45, 2.75) is 25.2 Å². The Morgan fingerprint density at radius 3 is 1.96 bits per heavy atom. The lowest BCUT2D eigenvalue weighted by Crippen LogP contribution is -2.14. The molecule has 0 radical (unpaired) electrons. The van der Waals surface area contributed by atoms with Crippen LogP contribution < -0.4 is 0 Å². The monoisotopic (exact) mass is 725 g/mol. The summed E-state index contributed by atoms with van der Waals surface area (Å²) in [4.78, 5) is 0. The van der Waals surface area contributed by atoms with Gasteiger partial charge in [-0.2, -0.15) is 0 Å². The average Bonchev–Trinajstić information content (AvgIpc) is 3.85. The van der Waals surface area contributed by atoms with Crippen LogP contribution in [0.25, 0.3) is 82.8 Å². The molecule has 57 heavy (non-hydrogen) atoms. The molecule has 268 valence electrons. The predicted octanol–water partition coefficient (Wildman–Crippen LogP) is 14.7. The van der Waals surface area contributed by atoms with E-state index in [1.54, 1.807) is 0 Å². The third kappa shape index (κ3) is 4.76. The molecule has 0 aliphatic heterocycles. The van der Waals surface area contributed by atoms with Crippen LogP contribution in [0, 0.1) is 0 Å². The average molecular weight is 726 g/mol. The van der Waals surface area contributed by atoms with Crippen LogP contribution in [0.4, 0.5) is 0 Å². The highest BCUT2D eigenvalue weighted by molar-refractivity contribution is 6.13. The Labute approximate surface area is 333 Å². The standard InChI is InChI=1S/C56H39N/c1-56(2)51-22-11-10-20-44(51)48-33-50-49-32-40(26-28-53(49)57(54(50)34-52(48)56)42-18-12-17-38(30-42)35-13-4-3-5-14-35)39-25-27-46-47(31-39)43-19-8-9-21-45(43)55(46)41-24-23-36-15-6-7-16-37(36)29-41/h3-34,55H,1-2H3. The van der Waals surface area contributed by atoms with E-state index >= 15 is 0 Å². The Morgan fingerprint density at radius 1 is 0.386 bits per heavy atom. The fourth-order valence-corrected chi connectivity index (χ4v) is 10.3. The zero-order chi connectivity index (χ0) is 37.8. The Morgan fingerprint density at radius 2 is 1.07 bits per heavy atom. The van der Waals surface area contributed by atoms with Crippen molar-refractivity contribution in [3.8, 4) is 50.2 Å². The van der Waals surface area contributed by atoms with Crippen molar-refractivity contribution in [2.75, 3.05) is 0 Å². The fraction of sp³-hybridized carbons (Fsp3) is 0.0714. The second kappa shape index (κ2) is 12.0. The summed E-state index contributed by atoms with van der Waals surface area (Å²) in [5.74, 6) is 0.205.